The van der Waals surface area contributed by atoms with E-state index in [0.717, 1.165) is 5.56 Å². The number of rotatable bonds is 6. The number of methoxy groups -OCH3 is 4. The number of benzene rings is 2. The van der Waals surface area contributed by atoms with Crippen molar-refractivity contribution >= 4 is 0 Å². The van der Waals surface area contributed by atoms with Crippen molar-refractivity contribution in [2.24, 2.45) is 11.8 Å². The van der Waals surface area contributed by atoms with E-state index in [4.69, 9.17) is 37.9 Å². The standard InChI is InChI=1S/C23H26O9/c1-25-15-5-11(6-17-21(15)32-10-31-17)19-13-8-30-20(14(13)9-29-19)12-7-16(26-2)22(27-3)23(28-4)18(12)24/h5-7,13-14,19-20,24H,8-10H2,1-4H3. The Hall–Kier alpha value is -3.04. The molecule has 5 rings (SSSR count). The van der Waals surface area contributed by atoms with Gasteiger partial charge in [0.05, 0.1) is 53.9 Å². The molecule has 1 N–H and O–H groups in total. The van der Waals surface area contributed by atoms with E-state index in [1.165, 1.54) is 21.3 Å². The second kappa shape index (κ2) is 8.14. The zero-order valence-corrected chi connectivity index (χ0v) is 18.4. The second-order valence-electron chi connectivity index (χ2n) is 7.88. The summed E-state index contributed by atoms with van der Waals surface area (Å²) in [6.07, 6.45) is -0.577. The Morgan fingerprint density at radius 1 is 0.781 bits per heavy atom. The van der Waals surface area contributed by atoms with Crippen LogP contribution in [-0.2, 0) is 9.47 Å². The maximum Gasteiger partial charge on any atom is 0.231 e. The molecule has 4 atom stereocenters. The molecule has 4 unspecified atom stereocenters. The van der Waals surface area contributed by atoms with Gasteiger partial charge in [0.2, 0.25) is 24.0 Å². The molecule has 0 saturated carbocycles. The van der Waals surface area contributed by atoms with Crippen molar-refractivity contribution in [3.63, 3.8) is 0 Å². The van der Waals surface area contributed by atoms with Gasteiger partial charge in [-0.1, -0.05) is 0 Å². The Morgan fingerprint density at radius 3 is 2.16 bits per heavy atom. The first kappa shape index (κ1) is 20.8. The first-order valence-electron chi connectivity index (χ1n) is 10.3. The van der Waals surface area contributed by atoms with Crippen LogP contribution in [0.15, 0.2) is 18.2 Å². The summed E-state index contributed by atoms with van der Waals surface area (Å²) in [6.45, 7) is 1.12. The van der Waals surface area contributed by atoms with Crippen molar-refractivity contribution in [2.45, 2.75) is 12.2 Å². The Bertz CT molecular complexity index is 1020. The SMILES string of the molecule is COc1cc(C2OCC3C(c4cc(OC)c(OC)c(OC)c4O)OCC23)cc2c1OCO2. The number of phenolic OH excluding ortho intramolecular Hbond substituents is 1. The van der Waals surface area contributed by atoms with E-state index in [1.54, 1.807) is 13.2 Å². The largest absolute Gasteiger partial charge is 0.504 e. The Balaban J connectivity index is 1.47. The monoisotopic (exact) mass is 446 g/mol. The number of hydrogen-bond acceptors (Lipinski definition) is 9. The molecule has 32 heavy (non-hydrogen) atoms. The average molecular weight is 446 g/mol. The molecule has 3 aliphatic heterocycles. The summed E-state index contributed by atoms with van der Waals surface area (Å²) in [6, 6.07) is 5.59. The average Bonchev–Trinajstić information content (AvgIpc) is 3.54. The van der Waals surface area contributed by atoms with E-state index in [0.29, 0.717) is 47.5 Å². The van der Waals surface area contributed by atoms with E-state index in [-0.39, 0.29) is 42.3 Å². The lowest BCUT2D eigenvalue weighted by molar-refractivity contribution is 0.0182. The van der Waals surface area contributed by atoms with Gasteiger partial charge in [-0.15, -0.1) is 0 Å². The molecule has 3 heterocycles. The molecule has 9 heteroatoms. The minimum atomic E-state index is -0.380. The molecule has 172 valence electrons. The topological polar surface area (TPSA) is 94.1 Å². The number of aromatic hydroxyl groups is 1. The first-order valence-corrected chi connectivity index (χ1v) is 10.3. The fourth-order valence-corrected chi connectivity index (χ4v) is 4.90. The van der Waals surface area contributed by atoms with Crippen molar-refractivity contribution in [1.82, 2.24) is 0 Å². The molecule has 0 bridgehead atoms. The quantitative estimate of drug-likeness (QED) is 0.718. The van der Waals surface area contributed by atoms with E-state index in [1.807, 2.05) is 12.1 Å². The van der Waals surface area contributed by atoms with E-state index in [9.17, 15) is 5.11 Å². The molecular formula is C23H26O9. The molecule has 3 aliphatic rings. The lowest BCUT2D eigenvalue weighted by Crippen LogP contribution is -2.15. The molecule has 2 fully saturated rings. The van der Waals surface area contributed by atoms with Crippen LogP contribution in [0, 0.1) is 11.8 Å². The van der Waals surface area contributed by atoms with Crippen LogP contribution in [0.5, 0.6) is 40.2 Å². The van der Waals surface area contributed by atoms with E-state index < -0.39 is 0 Å². The summed E-state index contributed by atoms with van der Waals surface area (Å²) in [5.41, 5.74) is 1.52. The fraction of sp³-hybridized carbons (Fsp3) is 0.478. The molecule has 9 nitrogen and oxygen atoms in total. The third kappa shape index (κ3) is 3.07. The highest BCUT2D eigenvalue weighted by atomic mass is 16.7. The van der Waals surface area contributed by atoms with Crippen LogP contribution >= 0.6 is 0 Å². The summed E-state index contributed by atoms with van der Waals surface area (Å²) in [5, 5.41) is 10.9. The lowest BCUT2D eigenvalue weighted by Gasteiger charge is -2.21. The molecule has 0 aliphatic carbocycles. The van der Waals surface area contributed by atoms with Gasteiger partial charge in [-0.3, -0.25) is 0 Å². The van der Waals surface area contributed by atoms with Gasteiger partial charge >= 0.3 is 0 Å². The smallest absolute Gasteiger partial charge is 0.231 e. The van der Waals surface area contributed by atoms with Gasteiger partial charge in [-0.05, 0) is 23.8 Å². The van der Waals surface area contributed by atoms with Crippen LogP contribution in [0.3, 0.4) is 0 Å². The highest BCUT2D eigenvalue weighted by Gasteiger charge is 2.49. The summed E-state index contributed by atoms with van der Waals surface area (Å²) in [4.78, 5) is 0. The van der Waals surface area contributed by atoms with Crippen molar-refractivity contribution in [3.05, 3.63) is 29.3 Å². The zero-order chi connectivity index (χ0) is 22.4. The van der Waals surface area contributed by atoms with Crippen molar-refractivity contribution in [2.75, 3.05) is 48.4 Å². The number of fused-ring (bicyclic) bond motifs is 2. The van der Waals surface area contributed by atoms with E-state index in [2.05, 4.69) is 0 Å². The third-order valence-corrected chi connectivity index (χ3v) is 6.41. The molecule has 0 amide bonds. The maximum atomic E-state index is 10.9. The highest BCUT2D eigenvalue weighted by molar-refractivity contribution is 5.63. The minimum absolute atomic E-state index is 0.0241. The summed E-state index contributed by atoms with van der Waals surface area (Å²) in [7, 11) is 6.11. The van der Waals surface area contributed by atoms with Gasteiger partial charge in [-0.2, -0.15) is 0 Å². The van der Waals surface area contributed by atoms with Gasteiger partial charge < -0.3 is 43.0 Å². The number of phenols is 1. The van der Waals surface area contributed by atoms with Crippen LogP contribution in [0.4, 0.5) is 0 Å². The molecule has 2 aromatic rings. The predicted molar refractivity (Wildman–Crippen MR) is 111 cm³/mol. The minimum Gasteiger partial charge on any atom is -0.504 e. The first-order chi connectivity index (χ1) is 15.6. The second-order valence-corrected chi connectivity index (χ2v) is 7.88. The fourth-order valence-electron chi connectivity index (χ4n) is 4.90. The van der Waals surface area contributed by atoms with Crippen molar-refractivity contribution < 1.29 is 43.0 Å². The van der Waals surface area contributed by atoms with Crippen LogP contribution in [0.25, 0.3) is 0 Å². The molecular weight excluding hydrogens is 420 g/mol. The Labute approximate surface area is 185 Å². The highest BCUT2D eigenvalue weighted by Crippen LogP contribution is 2.56. The van der Waals surface area contributed by atoms with Gasteiger partial charge in [0.1, 0.15) is 0 Å². The van der Waals surface area contributed by atoms with Crippen LogP contribution < -0.4 is 28.4 Å². The molecule has 2 aromatic carbocycles. The summed E-state index contributed by atoms with van der Waals surface area (Å²) >= 11 is 0. The summed E-state index contributed by atoms with van der Waals surface area (Å²) < 4.78 is 45.2. The van der Waals surface area contributed by atoms with Gasteiger partial charge in [0.15, 0.2) is 23.0 Å². The zero-order valence-electron chi connectivity index (χ0n) is 18.4. The summed E-state index contributed by atoms with van der Waals surface area (Å²) in [5.74, 6) is 2.96. The molecule has 0 spiro atoms. The van der Waals surface area contributed by atoms with Crippen LogP contribution in [0.2, 0.25) is 0 Å². The van der Waals surface area contributed by atoms with Gasteiger partial charge in [0.25, 0.3) is 0 Å². The lowest BCUT2D eigenvalue weighted by atomic mass is 9.84. The van der Waals surface area contributed by atoms with Crippen molar-refractivity contribution in [1.29, 1.82) is 0 Å². The van der Waals surface area contributed by atoms with E-state index >= 15 is 0 Å². The van der Waals surface area contributed by atoms with Crippen LogP contribution in [-0.4, -0.2) is 53.6 Å². The van der Waals surface area contributed by atoms with Gasteiger partial charge in [-0.25, -0.2) is 0 Å². The van der Waals surface area contributed by atoms with Crippen LogP contribution in [0.1, 0.15) is 23.3 Å². The third-order valence-electron chi connectivity index (χ3n) is 6.41. The predicted octanol–water partition coefficient (Wildman–Crippen LogP) is 3.23. The number of ether oxygens (including phenoxy) is 8. The maximum absolute atomic E-state index is 10.9. The molecule has 2 saturated heterocycles. The number of hydrogen-bond donors (Lipinski definition) is 1. The molecule has 0 radical (unpaired) electrons. The molecule has 0 aromatic heterocycles. The Morgan fingerprint density at radius 2 is 1.47 bits per heavy atom. The van der Waals surface area contributed by atoms with Crippen molar-refractivity contribution in [3.8, 4) is 40.2 Å². The Kier molecular flexibility index (Phi) is 5.30. The van der Waals surface area contributed by atoms with Gasteiger partial charge in [0, 0.05) is 17.4 Å². The normalized spacial score (nSPS) is 25.5.